The summed E-state index contributed by atoms with van der Waals surface area (Å²) in [6.07, 6.45) is 1.04. The van der Waals surface area contributed by atoms with E-state index in [9.17, 15) is 18.0 Å². The van der Waals surface area contributed by atoms with E-state index in [2.05, 4.69) is 15.4 Å². The number of sulfonamides is 1. The molecule has 2 rings (SSSR count). The average molecular weight is 339 g/mol. The molecule has 0 bridgehead atoms. The van der Waals surface area contributed by atoms with Gasteiger partial charge < -0.3 is 10.6 Å². The van der Waals surface area contributed by atoms with Crippen molar-refractivity contribution in [1.82, 2.24) is 15.4 Å². The van der Waals surface area contributed by atoms with Crippen molar-refractivity contribution in [3.63, 3.8) is 0 Å². The van der Waals surface area contributed by atoms with Crippen LogP contribution in [0.1, 0.15) is 25.3 Å². The molecule has 2 atom stereocenters. The molecule has 0 radical (unpaired) electrons. The van der Waals surface area contributed by atoms with Crippen LogP contribution < -0.4 is 15.4 Å². The fraction of sp³-hybridized carbons (Fsp3) is 0.467. The molecule has 8 heteroatoms. The topological polar surface area (TPSA) is 104 Å². The van der Waals surface area contributed by atoms with Gasteiger partial charge in [-0.2, -0.15) is 0 Å². The number of nitrogens with one attached hydrogen (secondary N) is 3. The van der Waals surface area contributed by atoms with Crippen LogP contribution in [-0.4, -0.2) is 33.3 Å². The molecule has 1 aromatic rings. The van der Waals surface area contributed by atoms with Gasteiger partial charge in [0, 0.05) is 13.0 Å². The lowest BCUT2D eigenvalue weighted by atomic mass is 9.93. The Morgan fingerprint density at radius 1 is 1.39 bits per heavy atom. The molecule has 0 spiro atoms. The summed E-state index contributed by atoms with van der Waals surface area (Å²) in [5, 5.41) is 5.41. The number of amides is 2. The van der Waals surface area contributed by atoms with Crippen LogP contribution >= 0.6 is 0 Å². The van der Waals surface area contributed by atoms with Crippen molar-refractivity contribution < 1.29 is 18.0 Å². The second-order valence-electron chi connectivity index (χ2n) is 5.74. The van der Waals surface area contributed by atoms with E-state index in [0.29, 0.717) is 18.4 Å². The normalized spacial score (nSPS) is 21.6. The standard InChI is InChI=1S/C15H21N3O4S/c1-10-6-13(18-14(19)7-10)15(20)17-9-11-4-3-5-12(8-11)23(21,22)16-2/h3-5,8,10,13,16H,6-7,9H2,1-2H3,(H,17,20)(H,18,19)/t10-,13-/m0/s1. The first-order valence-corrected chi connectivity index (χ1v) is 8.89. The summed E-state index contributed by atoms with van der Waals surface area (Å²) in [7, 11) is -2.17. The minimum Gasteiger partial charge on any atom is -0.350 e. The van der Waals surface area contributed by atoms with E-state index in [1.807, 2.05) is 6.92 Å². The van der Waals surface area contributed by atoms with Crippen molar-refractivity contribution in [3.05, 3.63) is 29.8 Å². The lowest BCUT2D eigenvalue weighted by Crippen LogP contribution is -2.50. The van der Waals surface area contributed by atoms with Crippen LogP contribution in [-0.2, 0) is 26.2 Å². The van der Waals surface area contributed by atoms with E-state index in [1.165, 1.54) is 19.2 Å². The Hall–Kier alpha value is -1.93. The van der Waals surface area contributed by atoms with E-state index in [4.69, 9.17) is 0 Å². The Balaban J connectivity index is 1.99. The molecule has 0 saturated carbocycles. The fourth-order valence-corrected chi connectivity index (χ4v) is 3.34. The largest absolute Gasteiger partial charge is 0.350 e. The summed E-state index contributed by atoms with van der Waals surface area (Å²) in [5.74, 6) is -0.207. The number of hydrogen-bond acceptors (Lipinski definition) is 4. The third kappa shape index (κ3) is 4.52. The maximum absolute atomic E-state index is 12.1. The predicted molar refractivity (Wildman–Crippen MR) is 84.9 cm³/mol. The van der Waals surface area contributed by atoms with Crippen LogP contribution in [0.25, 0.3) is 0 Å². The number of carbonyl (C=O) groups excluding carboxylic acids is 2. The van der Waals surface area contributed by atoms with Crippen molar-refractivity contribution >= 4 is 21.8 Å². The minimum absolute atomic E-state index is 0.119. The molecule has 1 saturated heterocycles. The van der Waals surface area contributed by atoms with Crippen LogP contribution in [0.4, 0.5) is 0 Å². The Kier molecular flexibility index (Phi) is 5.38. The molecule has 0 aromatic heterocycles. The first kappa shape index (κ1) is 17.4. The first-order chi connectivity index (χ1) is 10.8. The van der Waals surface area contributed by atoms with E-state index in [-0.39, 0.29) is 29.2 Å². The second kappa shape index (κ2) is 7.10. The van der Waals surface area contributed by atoms with Crippen LogP contribution in [0.15, 0.2) is 29.2 Å². The molecule has 23 heavy (non-hydrogen) atoms. The molecule has 0 aliphatic carbocycles. The molecule has 2 amide bonds. The minimum atomic E-state index is -3.51. The van der Waals surface area contributed by atoms with Gasteiger partial charge in [-0.1, -0.05) is 19.1 Å². The van der Waals surface area contributed by atoms with Crippen molar-refractivity contribution in [3.8, 4) is 0 Å². The number of piperidine rings is 1. The molecule has 1 aromatic carbocycles. The van der Waals surface area contributed by atoms with E-state index < -0.39 is 16.1 Å². The molecule has 1 aliphatic heterocycles. The van der Waals surface area contributed by atoms with Gasteiger partial charge in [0.2, 0.25) is 21.8 Å². The zero-order valence-electron chi connectivity index (χ0n) is 13.1. The lowest BCUT2D eigenvalue weighted by Gasteiger charge is -2.26. The van der Waals surface area contributed by atoms with Gasteiger partial charge in [-0.15, -0.1) is 0 Å². The highest BCUT2D eigenvalue weighted by Crippen LogP contribution is 2.16. The number of benzene rings is 1. The Bertz CT molecular complexity index is 702. The summed E-state index contributed by atoms with van der Waals surface area (Å²) in [4.78, 5) is 23.8. The molecule has 3 N–H and O–H groups in total. The van der Waals surface area contributed by atoms with Crippen LogP contribution in [0.5, 0.6) is 0 Å². The Morgan fingerprint density at radius 2 is 2.13 bits per heavy atom. The SMILES string of the molecule is CNS(=O)(=O)c1cccc(CNC(=O)[C@@H]2C[C@H](C)CC(=O)N2)c1. The van der Waals surface area contributed by atoms with E-state index in [1.54, 1.807) is 12.1 Å². The molecule has 1 heterocycles. The third-order valence-electron chi connectivity index (χ3n) is 3.77. The molecule has 0 unspecified atom stereocenters. The maximum Gasteiger partial charge on any atom is 0.242 e. The van der Waals surface area contributed by atoms with Gasteiger partial charge in [0.25, 0.3) is 0 Å². The van der Waals surface area contributed by atoms with Crippen LogP contribution in [0.3, 0.4) is 0 Å². The molecule has 126 valence electrons. The van der Waals surface area contributed by atoms with Crippen LogP contribution in [0.2, 0.25) is 0 Å². The Labute approximate surface area is 135 Å². The molecular formula is C15H21N3O4S. The highest BCUT2D eigenvalue weighted by atomic mass is 32.2. The number of carbonyl (C=O) groups is 2. The number of hydrogen-bond donors (Lipinski definition) is 3. The summed E-state index contributed by atoms with van der Waals surface area (Å²) in [6, 6.07) is 5.82. The first-order valence-electron chi connectivity index (χ1n) is 7.41. The summed E-state index contributed by atoms with van der Waals surface area (Å²) in [5.41, 5.74) is 0.671. The number of rotatable bonds is 5. The van der Waals surface area contributed by atoms with Crippen molar-refractivity contribution in [2.45, 2.75) is 37.2 Å². The van der Waals surface area contributed by atoms with Gasteiger partial charge in [0.1, 0.15) is 6.04 Å². The average Bonchev–Trinajstić information content (AvgIpc) is 2.52. The summed E-state index contributed by atoms with van der Waals surface area (Å²) >= 11 is 0. The van der Waals surface area contributed by atoms with Gasteiger partial charge in [-0.3, -0.25) is 9.59 Å². The third-order valence-corrected chi connectivity index (χ3v) is 5.18. The van der Waals surface area contributed by atoms with Gasteiger partial charge in [0.15, 0.2) is 0 Å². The maximum atomic E-state index is 12.1. The zero-order valence-corrected chi connectivity index (χ0v) is 13.9. The predicted octanol–water partition coefficient (Wildman–Crippen LogP) is 0.126. The molecular weight excluding hydrogens is 318 g/mol. The van der Waals surface area contributed by atoms with Crippen molar-refractivity contribution in [1.29, 1.82) is 0 Å². The van der Waals surface area contributed by atoms with Gasteiger partial charge in [0.05, 0.1) is 4.90 Å². The second-order valence-corrected chi connectivity index (χ2v) is 7.62. The van der Waals surface area contributed by atoms with Crippen LogP contribution in [0, 0.1) is 5.92 Å². The zero-order chi connectivity index (χ0) is 17.0. The van der Waals surface area contributed by atoms with Crippen molar-refractivity contribution in [2.75, 3.05) is 7.05 Å². The fourth-order valence-electron chi connectivity index (χ4n) is 2.54. The van der Waals surface area contributed by atoms with E-state index >= 15 is 0 Å². The quantitative estimate of drug-likeness (QED) is 0.709. The molecule has 7 nitrogen and oxygen atoms in total. The van der Waals surface area contributed by atoms with Gasteiger partial charge >= 0.3 is 0 Å². The molecule has 1 fully saturated rings. The smallest absolute Gasteiger partial charge is 0.242 e. The monoisotopic (exact) mass is 339 g/mol. The summed E-state index contributed by atoms with van der Waals surface area (Å²) < 4.78 is 25.8. The summed E-state index contributed by atoms with van der Waals surface area (Å²) in [6.45, 7) is 2.14. The Morgan fingerprint density at radius 3 is 2.78 bits per heavy atom. The van der Waals surface area contributed by atoms with Gasteiger partial charge in [-0.25, -0.2) is 13.1 Å². The lowest BCUT2D eigenvalue weighted by molar-refractivity contribution is -0.132. The highest BCUT2D eigenvalue weighted by Gasteiger charge is 2.28. The van der Waals surface area contributed by atoms with Crippen molar-refractivity contribution in [2.24, 2.45) is 5.92 Å². The van der Waals surface area contributed by atoms with E-state index in [0.717, 1.165) is 0 Å². The van der Waals surface area contributed by atoms with Gasteiger partial charge in [-0.05, 0) is 37.1 Å². The highest BCUT2D eigenvalue weighted by molar-refractivity contribution is 7.89. The molecule has 1 aliphatic rings.